The van der Waals surface area contributed by atoms with Crippen LogP contribution in [0.1, 0.15) is 6.92 Å². The standard InChI is InChI=1S/C11H18N2O3S/c1-3-17(14,15)13(2)10-5-4-6-11(9-10)16-8-7-12/h4-6,9H,3,7-8,12H2,1-2H3. The van der Waals surface area contributed by atoms with Crippen molar-refractivity contribution in [1.29, 1.82) is 0 Å². The average Bonchev–Trinajstić information content (AvgIpc) is 2.35. The lowest BCUT2D eigenvalue weighted by Crippen LogP contribution is -2.27. The van der Waals surface area contributed by atoms with E-state index < -0.39 is 10.0 Å². The van der Waals surface area contributed by atoms with Gasteiger partial charge in [-0.25, -0.2) is 8.42 Å². The summed E-state index contributed by atoms with van der Waals surface area (Å²) in [6.45, 7) is 2.45. The summed E-state index contributed by atoms with van der Waals surface area (Å²) in [5, 5.41) is 0. The average molecular weight is 258 g/mol. The highest BCUT2D eigenvalue weighted by molar-refractivity contribution is 7.92. The Morgan fingerprint density at radius 3 is 2.71 bits per heavy atom. The molecule has 0 bridgehead atoms. The zero-order chi connectivity index (χ0) is 12.9. The summed E-state index contributed by atoms with van der Waals surface area (Å²) in [6.07, 6.45) is 0. The van der Waals surface area contributed by atoms with Crippen LogP contribution in [0.15, 0.2) is 24.3 Å². The summed E-state index contributed by atoms with van der Waals surface area (Å²) < 4.78 is 30.0. The molecule has 0 amide bonds. The Labute approximate surface area is 102 Å². The third-order valence-electron chi connectivity index (χ3n) is 2.35. The predicted octanol–water partition coefficient (Wildman–Crippen LogP) is 0.810. The molecule has 5 nitrogen and oxygen atoms in total. The molecule has 96 valence electrons. The van der Waals surface area contributed by atoms with E-state index in [0.29, 0.717) is 24.6 Å². The van der Waals surface area contributed by atoms with E-state index in [1.54, 1.807) is 31.2 Å². The molecule has 0 atom stereocenters. The highest BCUT2D eigenvalue weighted by atomic mass is 32.2. The molecule has 0 aliphatic rings. The molecular formula is C11H18N2O3S. The van der Waals surface area contributed by atoms with E-state index in [2.05, 4.69) is 0 Å². The van der Waals surface area contributed by atoms with E-state index in [1.807, 2.05) is 0 Å². The lowest BCUT2D eigenvalue weighted by atomic mass is 10.3. The van der Waals surface area contributed by atoms with Gasteiger partial charge in [-0.2, -0.15) is 0 Å². The van der Waals surface area contributed by atoms with Crippen LogP contribution in [-0.4, -0.2) is 34.4 Å². The zero-order valence-electron chi connectivity index (χ0n) is 10.1. The normalized spacial score (nSPS) is 11.2. The van der Waals surface area contributed by atoms with Gasteiger partial charge in [0.15, 0.2) is 0 Å². The molecule has 0 aliphatic heterocycles. The van der Waals surface area contributed by atoms with Gasteiger partial charge < -0.3 is 10.5 Å². The number of benzene rings is 1. The van der Waals surface area contributed by atoms with Crippen LogP contribution < -0.4 is 14.8 Å². The quantitative estimate of drug-likeness (QED) is 0.819. The summed E-state index contributed by atoms with van der Waals surface area (Å²) in [6, 6.07) is 6.93. The Morgan fingerprint density at radius 2 is 2.12 bits per heavy atom. The Balaban J connectivity index is 2.91. The van der Waals surface area contributed by atoms with Crippen LogP contribution in [0.2, 0.25) is 0 Å². The molecule has 1 rings (SSSR count). The minimum Gasteiger partial charge on any atom is -0.492 e. The molecule has 1 aromatic rings. The van der Waals surface area contributed by atoms with Gasteiger partial charge in [-0.3, -0.25) is 4.31 Å². The summed E-state index contributed by atoms with van der Waals surface area (Å²) in [4.78, 5) is 0. The van der Waals surface area contributed by atoms with Crippen molar-refractivity contribution in [3.05, 3.63) is 24.3 Å². The van der Waals surface area contributed by atoms with Crippen molar-refractivity contribution in [3.8, 4) is 5.75 Å². The molecule has 0 unspecified atom stereocenters. The number of rotatable bonds is 6. The second-order valence-electron chi connectivity index (χ2n) is 3.50. The maximum Gasteiger partial charge on any atom is 0.234 e. The minimum absolute atomic E-state index is 0.0668. The van der Waals surface area contributed by atoms with Crippen molar-refractivity contribution in [2.75, 3.05) is 30.3 Å². The van der Waals surface area contributed by atoms with Crippen molar-refractivity contribution >= 4 is 15.7 Å². The van der Waals surface area contributed by atoms with E-state index in [0.717, 1.165) is 0 Å². The van der Waals surface area contributed by atoms with Gasteiger partial charge in [0, 0.05) is 19.7 Å². The molecule has 1 aromatic carbocycles. The van der Waals surface area contributed by atoms with E-state index in [-0.39, 0.29) is 5.75 Å². The molecule has 6 heteroatoms. The van der Waals surface area contributed by atoms with E-state index >= 15 is 0 Å². The van der Waals surface area contributed by atoms with Crippen molar-refractivity contribution in [3.63, 3.8) is 0 Å². The molecule has 0 radical (unpaired) electrons. The summed E-state index contributed by atoms with van der Waals surface area (Å²) in [7, 11) is -1.71. The van der Waals surface area contributed by atoms with Crippen molar-refractivity contribution in [2.24, 2.45) is 5.73 Å². The Hall–Kier alpha value is -1.27. The van der Waals surface area contributed by atoms with Crippen molar-refractivity contribution in [2.45, 2.75) is 6.92 Å². The Morgan fingerprint density at radius 1 is 1.41 bits per heavy atom. The van der Waals surface area contributed by atoms with Crippen LogP contribution in [0.25, 0.3) is 0 Å². The number of hydrogen-bond donors (Lipinski definition) is 1. The molecule has 0 saturated heterocycles. The van der Waals surface area contributed by atoms with Crippen LogP contribution in [0.3, 0.4) is 0 Å². The summed E-state index contributed by atoms with van der Waals surface area (Å²) in [5.74, 6) is 0.684. The van der Waals surface area contributed by atoms with Crippen LogP contribution in [0, 0.1) is 0 Å². The fourth-order valence-corrected chi connectivity index (χ4v) is 2.12. The fraction of sp³-hybridized carbons (Fsp3) is 0.455. The fourth-order valence-electron chi connectivity index (χ4n) is 1.30. The molecule has 0 saturated carbocycles. The number of nitrogens with two attached hydrogens (primary N) is 1. The molecule has 0 spiro atoms. The van der Waals surface area contributed by atoms with Crippen molar-refractivity contribution in [1.82, 2.24) is 0 Å². The highest BCUT2D eigenvalue weighted by Gasteiger charge is 2.15. The van der Waals surface area contributed by atoms with E-state index in [4.69, 9.17) is 10.5 Å². The predicted molar refractivity (Wildman–Crippen MR) is 68.9 cm³/mol. The number of sulfonamides is 1. The number of anilines is 1. The topological polar surface area (TPSA) is 72.6 Å². The highest BCUT2D eigenvalue weighted by Crippen LogP contribution is 2.22. The van der Waals surface area contributed by atoms with Crippen molar-refractivity contribution < 1.29 is 13.2 Å². The third-order valence-corrected chi connectivity index (χ3v) is 4.12. The Bertz CT molecular complexity index is 460. The van der Waals surface area contributed by atoms with Gasteiger partial charge in [0.05, 0.1) is 11.4 Å². The Kier molecular flexibility index (Phi) is 4.77. The smallest absolute Gasteiger partial charge is 0.234 e. The van der Waals surface area contributed by atoms with E-state index in [1.165, 1.54) is 11.4 Å². The van der Waals surface area contributed by atoms with Crippen LogP contribution in [0.4, 0.5) is 5.69 Å². The SMILES string of the molecule is CCS(=O)(=O)N(C)c1cccc(OCCN)c1. The maximum atomic E-state index is 11.7. The van der Waals surface area contributed by atoms with E-state index in [9.17, 15) is 8.42 Å². The van der Waals surface area contributed by atoms with Crippen LogP contribution in [-0.2, 0) is 10.0 Å². The summed E-state index contributed by atoms with van der Waals surface area (Å²) >= 11 is 0. The van der Waals surface area contributed by atoms with Gasteiger partial charge in [0.2, 0.25) is 10.0 Å². The van der Waals surface area contributed by atoms with Crippen LogP contribution >= 0.6 is 0 Å². The largest absolute Gasteiger partial charge is 0.492 e. The number of hydrogen-bond acceptors (Lipinski definition) is 4. The lowest BCUT2D eigenvalue weighted by molar-refractivity contribution is 0.328. The molecule has 0 aromatic heterocycles. The first-order chi connectivity index (χ1) is 8.01. The first-order valence-electron chi connectivity index (χ1n) is 5.40. The maximum absolute atomic E-state index is 11.7. The second-order valence-corrected chi connectivity index (χ2v) is 5.79. The zero-order valence-corrected chi connectivity index (χ0v) is 10.9. The first kappa shape index (κ1) is 13.8. The molecule has 0 heterocycles. The van der Waals surface area contributed by atoms with Gasteiger partial charge in [0.1, 0.15) is 12.4 Å². The molecule has 17 heavy (non-hydrogen) atoms. The second kappa shape index (κ2) is 5.88. The monoisotopic (exact) mass is 258 g/mol. The van der Waals surface area contributed by atoms with Gasteiger partial charge >= 0.3 is 0 Å². The van der Waals surface area contributed by atoms with Gasteiger partial charge in [-0.05, 0) is 19.1 Å². The molecule has 0 fully saturated rings. The molecule has 0 aliphatic carbocycles. The first-order valence-corrected chi connectivity index (χ1v) is 7.01. The minimum atomic E-state index is -3.24. The number of nitrogens with zero attached hydrogens (tertiary/aromatic N) is 1. The summed E-state index contributed by atoms with van der Waals surface area (Å²) in [5.41, 5.74) is 5.92. The van der Waals surface area contributed by atoms with Gasteiger partial charge in [-0.1, -0.05) is 6.07 Å². The molecule has 2 N–H and O–H groups in total. The number of ether oxygens (including phenoxy) is 1. The van der Waals surface area contributed by atoms with Crippen LogP contribution in [0.5, 0.6) is 5.75 Å². The lowest BCUT2D eigenvalue weighted by Gasteiger charge is -2.19. The van der Waals surface area contributed by atoms with Gasteiger partial charge in [-0.15, -0.1) is 0 Å². The van der Waals surface area contributed by atoms with Gasteiger partial charge in [0.25, 0.3) is 0 Å². The third kappa shape index (κ3) is 3.61. The molecular weight excluding hydrogens is 240 g/mol.